The van der Waals surface area contributed by atoms with Gasteiger partial charge in [-0.15, -0.1) is 0 Å². The van der Waals surface area contributed by atoms with Crippen molar-refractivity contribution < 1.29 is 19.1 Å². The van der Waals surface area contributed by atoms with Crippen molar-refractivity contribution in [1.82, 2.24) is 5.43 Å². The summed E-state index contributed by atoms with van der Waals surface area (Å²) in [6.45, 7) is 1.67. The van der Waals surface area contributed by atoms with E-state index in [1.807, 2.05) is 42.5 Å². The Balaban J connectivity index is 1.60. The molecule has 0 bridgehead atoms. The van der Waals surface area contributed by atoms with E-state index < -0.39 is 5.91 Å². The van der Waals surface area contributed by atoms with E-state index >= 15 is 0 Å². The van der Waals surface area contributed by atoms with Gasteiger partial charge in [0, 0.05) is 17.5 Å². The zero-order chi connectivity index (χ0) is 21.5. The first-order valence-corrected chi connectivity index (χ1v) is 9.34. The van der Waals surface area contributed by atoms with E-state index in [1.165, 1.54) is 14.2 Å². The van der Waals surface area contributed by atoms with Gasteiger partial charge < -0.3 is 14.8 Å². The fourth-order valence-corrected chi connectivity index (χ4v) is 2.94. The molecule has 0 atom stereocenters. The number of rotatable bonds is 7. The molecule has 0 aromatic heterocycles. The predicted molar refractivity (Wildman–Crippen MR) is 117 cm³/mol. The Morgan fingerprint density at radius 2 is 1.70 bits per heavy atom. The van der Waals surface area contributed by atoms with Crippen molar-refractivity contribution in [3.05, 3.63) is 66.2 Å². The fourth-order valence-electron chi connectivity index (χ4n) is 2.94. The second kappa shape index (κ2) is 9.56. The summed E-state index contributed by atoms with van der Waals surface area (Å²) in [5.41, 5.74) is 3.94. The van der Waals surface area contributed by atoms with Gasteiger partial charge in [-0.25, -0.2) is 5.43 Å². The number of methoxy groups -OCH3 is 2. The van der Waals surface area contributed by atoms with Gasteiger partial charge in [-0.1, -0.05) is 30.3 Å². The van der Waals surface area contributed by atoms with Crippen LogP contribution in [0.5, 0.6) is 11.5 Å². The van der Waals surface area contributed by atoms with Crippen LogP contribution in [0.2, 0.25) is 0 Å². The van der Waals surface area contributed by atoms with Gasteiger partial charge in [0.15, 0.2) is 0 Å². The van der Waals surface area contributed by atoms with Gasteiger partial charge in [0.05, 0.1) is 26.2 Å². The maximum atomic E-state index is 12.4. The van der Waals surface area contributed by atoms with Crippen LogP contribution in [0.4, 0.5) is 5.69 Å². The second-order valence-corrected chi connectivity index (χ2v) is 6.64. The van der Waals surface area contributed by atoms with Crippen molar-refractivity contribution in [3.8, 4) is 11.5 Å². The molecule has 0 fully saturated rings. The van der Waals surface area contributed by atoms with Gasteiger partial charge in [-0.05, 0) is 42.0 Å². The number of benzene rings is 3. The Bertz CT molecular complexity index is 1110. The molecule has 0 aliphatic heterocycles. The summed E-state index contributed by atoms with van der Waals surface area (Å²) in [4.78, 5) is 24.7. The van der Waals surface area contributed by atoms with Gasteiger partial charge in [0.2, 0.25) is 5.91 Å². The quantitative estimate of drug-likeness (QED) is 0.459. The number of hydrogen-bond acceptors (Lipinski definition) is 5. The maximum Gasteiger partial charge on any atom is 0.275 e. The minimum atomic E-state index is -0.441. The number of fused-ring (bicyclic) bond motifs is 1. The number of hydrogen-bond donors (Lipinski definition) is 2. The lowest BCUT2D eigenvalue weighted by atomic mass is 10.1. The summed E-state index contributed by atoms with van der Waals surface area (Å²) in [6.07, 6.45) is 0.0485. The monoisotopic (exact) mass is 405 g/mol. The highest BCUT2D eigenvalue weighted by atomic mass is 16.5. The van der Waals surface area contributed by atoms with Crippen molar-refractivity contribution >= 4 is 34.0 Å². The van der Waals surface area contributed by atoms with Crippen LogP contribution in [0.15, 0.2) is 65.8 Å². The molecule has 0 heterocycles. The van der Waals surface area contributed by atoms with Crippen LogP contribution in [-0.2, 0) is 4.79 Å². The average Bonchev–Trinajstić information content (AvgIpc) is 2.76. The molecule has 0 aliphatic rings. The van der Waals surface area contributed by atoms with Crippen LogP contribution in [0.1, 0.15) is 23.7 Å². The summed E-state index contributed by atoms with van der Waals surface area (Å²) in [5, 5.41) is 9.01. The zero-order valence-electron chi connectivity index (χ0n) is 17.1. The molecule has 2 N–H and O–H groups in total. The number of carbonyl (C=O) groups excluding carboxylic acids is 2. The first-order valence-electron chi connectivity index (χ1n) is 9.34. The third-order valence-electron chi connectivity index (χ3n) is 4.45. The molecule has 0 saturated heterocycles. The topological polar surface area (TPSA) is 89.0 Å². The summed E-state index contributed by atoms with van der Waals surface area (Å²) < 4.78 is 10.3. The van der Waals surface area contributed by atoms with Crippen LogP contribution >= 0.6 is 0 Å². The maximum absolute atomic E-state index is 12.4. The minimum Gasteiger partial charge on any atom is -0.497 e. The lowest BCUT2D eigenvalue weighted by molar-refractivity contribution is -0.115. The highest BCUT2D eigenvalue weighted by molar-refractivity contribution is 6.06. The van der Waals surface area contributed by atoms with Crippen molar-refractivity contribution in [1.29, 1.82) is 0 Å². The SMILES string of the molecule is COc1ccc(C(=O)N/N=C(/C)CC(=O)Nc2ccc3ccccc3c2)c(OC)c1. The standard InChI is InChI=1S/C23H23N3O4/c1-15(25-26-23(28)20-11-10-19(29-2)14-21(20)30-3)12-22(27)24-18-9-8-16-6-4-5-7-17(16)13-18/h4-11,13-14H,12H2,1-3H3,(H,24,27)(H,26,28)/b25-15-. The molecular formula is C23H23N3O4. The smallest absolute Gasteiger partial charge is 0.275 e. The minimum absolute atomic E-state index is 0.0485. The van der Waals surface area contributed by atoms with E-state index in [1.54, 1.807) is 25.1 Å². The highest BCUT2D eigenvalue weighted by Gasteiger charge is 2.13. The van der Waals surface area contributed by atoms with Crippen molar-refractivity contribution in [3.63, 3.8) is 0 Å². The number of nitrogens with zero attached hydrogens (tertiary/aromatic N) is 1. The molecule has 7 heteroatoms. The van der Waals surface area contributed by atoms with E-state index in [-0.39, 0.29) is 12.3 Å². The lowest BCUT2D eigenvalue weighted by Gasteiger charge is -2.09. The van der Waals surface area contributed by atoms with Crippen LogP contribution < -0.4 is 20.2 Å². The molecule has 3 aromatic carbocycles. The molecule has 0 unspecified atom stereocenters. The third-order valence-corrected chi connectivity index (χ3v) is 4.45. The van der Waals surface area contributed by atoms with E-state index in [9.17, 15) is 9.59 Å². The Morgan fingerprint density at radius 1 is 0.933 bits per heavy atom. The van der Waals surface area contributed by atoms with Gasteiger partial charge in [-0.2, -0.15) is 5.10 Å². The van der Waals surface area contributed by atoms with E-state index in [4.69, 9.17) is 9.47 Å². The second-order valence-electron chi connectivity index (χ2n) is 6.64. The Morgan fingerprint density at radius 3 is 2.43 bits per heavy atom. The van der Waals surface area contributed by atoms with Gasteiger partial charge in [-0.3, -0.25) is 9.59 Å². The first kappa shape index (κ1) is 20.9. The van der Waals surface area contributed by atoms with Crippen LogP contribution in [0.3, 0.4) is 0 Å². The third kappa shape index (κ3) is 5.14. The highest BCUT2D eigenvalue weighted by Crippen LogP contribution is 2.24. The van der Waals surface area contributed by atoms with Crippen LogP contribution in [0, 0.1) is 0 Å². The molecule has 3 rings (SSSR count). The molecule has 0 spiro atoms. The number of anilines is 1. The molecule has 7 nitrogen and oxygen atoms in total. The average molecular weight is 405 g/mol. The number of amides is 2. The molecule has 0 radical (unpaired) electrons. The molecule has 0 saturated carbocycles. The normalized spacial score (nSPS) is 11.1. The van der Waals surface area contributed by atoms with Crippen molar-refractivity contribution in [2.45, 2.75) is 13.3 Å². The molecular weight excluding hydrogens is 382 g/mol. The number of carbonyl (C=O) groups is 2. The van der Waals surface area contributed by atoms with Crippen LogP contribution in [0.25, 0.3) is 10.8 Å². The van der Waals surface area contributed by atoms with Gasteiger partial charge >= 0.3 is 0 Å². The molecule has 0 aliphatic carbocycles. The summed E-state index contributed by atoms with van der Waals surface area (Å²) in [7, 11) is 3.00. The Hall–Kier alpha value is -3.87. The summed E-state index contributed by atoms with van der Waals surface area (Å²) in [6, 6.07) is 18.5. The number of hydrazone groups is 1. The first-order chi connectivity index (χ1) is 14.5. The largest absolute Gasteiger partial charge is 0.497 e. The number of nitrogens with one attached hydrogen (secondary N) is 2. The van der Waals surface area contributed by atoms with Crippen molar-refractivity contribution in [2.75, 3.05) is 19.5 Å². The number of ether oxygens (including phenoxy) is 2. The van der Waals surface area contributed by atoms with E-state index in [0.29, 0.717) is 28.5 Å². The molecule has 30 heavy (non-hydrogen) atoms. The summed E-state index contributed by atoms with van der Waals surface area (Å²) >= 11 is 0. The zero-order valence-corrected chi connectivity index (χ0v) is 17.1. The molecule has 3 aromatic rings. The predicted octanol–water partition coefficient (Wildman–Crippen LogP) is 3.99. The van der Waals surface area contributed by atoms with Crippen molar-refractivity contribution in [2.24, 2.45) is 5.10 Å². The molecule has 154 valence electrons. The Kier molecular flexibility index (Phi) is 6.64. The van der Waals surface area contributed by atoms with Gasteiger partial charge in [0.1, 0.15) is 11.5 Å². The lowest BCUT2D eigenvalue weighted by Crippen LogP contribution is -2.22. The van der Waals surface area contributed by atoms with E-state index in [2.05, 4.69) is 15.8 Å². The van der Waals surface area contributed by atoms with Gasteiger partial charge in [0.25, 0.3) is 5.91 Å². The van der Waals surface area contributed by atoms with E-state index in [0.717, 1.165) is 10.8 Å². The van der Waals surface area contributed by atoms with Crippen LogP contribution in [-0.4, -0.2) is 31.7 Å². The molecule has 2 amide bonds. The summed E-state index contributed by atoms with van der Waals surface area (Å²) in [5.74, 6) is 0.286. The fraction of sp³-hybridized carbons (Fsp3) is 0.174. The Labute approximate surface area is 174 Å².